The van der Waals surface area contributed by atoms with Gasteiger partial charge < -0.3 is 9.64 Å². The molecule has 2 aromatic rings. The molecule has 1 saturated heterocycles. The van der Waals surface area contributed by atoms with Crippen LogP contribution >= 0.6 is 0 Å². The first-order chi connectivity index (χ1) is 12.1. The van der Waals surface area contributed by atoms with Gasteiger partial charge in [-0.2, -0.15) is 0 Å². The fourth-order valence-electron chi connectivity index (χ4n) is 3.85. The van der Waals surface area contributed by atoms with Gasteiger partial charge in [0.05, 0.1) is 12.1 Å². The highest BCUT2D eigenvalue weighted by Gasteiger charge is 2.63. The first-order valence-electron chi connectivity index (χ1n) is 8.07. The minimum atomic E-state index is -1.51. The van der Waals surface area contributed by atoms with Crippen molar-refractivity contribution in [2.24, 2.45) is 0 Å². The molecular weight excluding hydrogens is 321 g/mol. The van der Waals surface area contributed by atoms with Gasteiger partial charge in [-0.15, -0.1) is 6.58 Å². The standard InChI is InChI=1S/C20H16FNO3/c1-2-10-22-17-9-8-14(21)11-16(17)20(19(22)24)15(12-18(23)25-20)13-6-4-3-5-7-13/h2-9,11,15H,1,10,12H2/t15-,20+/m1/s1. The van der Waals surface area contributed by atoms with E-state index in [0.717, 1.165) is 5.56 Å². The smallest absolute Gasteiger partial charge is 0.308 e. The maximum Gasteiger partial charge on any atom is 0.308 e. The van der Waals surface area contributed by atoms with Crippen LogP contribution in [0.15, 0.2) is 61.2 Å². The topological polar surface area (TPSA) is 46.6 Å². The van der Waals surface area contributed by atoms with E-state index in [4.69, 9.17) is 4.74 Å². The lowest BCUT2D eigenvalue weighted by Crippen LogP contribution is -2.43. The van der Waals surface area contributed by atoms with Crippen molar-refractivity contribution in [2.75, 3.05) is 11.4 Å². The van der Waals surface area contributed by atoms with E-state index in [1.807, 2.05) is 30.3 Å². The number of esters is 1. The molecule has 0 unspecified atom stereocenters. The summed E-state index contributed by atoms with van der Waals surface area (Å²) >= 11 is 0. The number of hydrogen-bond donors (Lipinski definition) is 0. The summed E-state index contributed by atoms with van der Waals surface area (Å²) in [5.41, 5.74) is 0.261. The maximum absolute atomic E-state index is 14.0. The van der Waals surface area contributed by atoms with E-state index < -0.39 is 23.3 Å². The van der Waals surface area contributed by atoms with E-state index in [9.17, 15) is 14.0 Å². The molecule has 25 heavy (non-hydrogen) atoms. The number of amides is 1. The molecule has 2 heterocycles. The minimum Gasteiger partial charge on any atom is -0.443 e. The second-order valence-corrected chi connectivity index (χ2v) is 6.24. The molecule has 126 valence electrons. The highest BCUT2D eigenvalue weighted by molar-refractivity contribution is 6.10. The number of carbonyl (C=O) groups excluding carboxylic acids is 2. The van der Waals surface area contributed by atoms with Crippen LogP contribution in [0.4, 0.5) is 10.1 Å². The molecule has 1 fully saturated rings. The molecule has 0 aromatic heterocycles. The number of ether oxygens (including phenoxy) is 1. The van der Waals surface area contributed by atoms with E-state index in [-0.39, 0.29) is 18.9 Å². The minimum absolute atomic E-state index is 0.0770. The molecule has 0 saturated carbocycles. The largest absolute Gasteiger partial charge is 0.443 e. The van der Waals surface area contributed by atoms with Crippen LogP contribution in [0, 0.1) is 5.82 Å². The van der Waals surface area contributed by atoms with E-state index >= 15 is 0 Å². The molecule has 4 nitrogen and oxygen atoms in total. The van der Waals surface area contributed by atoms with Gasteiger partial charge in [0.2, 0.25) is 5.60 Å². The van der Waals surface area contributed by atoms with Crippen LogP contribution in [0.5, 0.6) is 0 Å². The Bertz CT molecular complexity index is 880. The lowest BCUT2D eigenvalue weighted by atomic mass is 9.78. The van der Waals surface area contributed by atoms with Crippen molar-refractivity contribution in [3.05, 3.63) is 78.1 Å². The Morgan fingerprint density at radius 1 is 1.24 bits per heavy atom. The van der Waals surface area contributed by atoms with Gasteiger partial charge in [0.25, 0.3) is 5.91 Å². The summed E-state index contributed by atoms with van der Waals surface area (Å²) in [7, 11) is 0. The zero-order valence-electron chi connectivity index (χ0n) is 13.4. The van der Waals surface area contributed by atoms with Gasteiger partial charge in [0.1, 0.15) is 5.82 Å². The number of benzene rings is 2. The Kier molecular flexibility index (Phi) is 3.46. The van der Waals surface area contributed by atoms with Crippen molar-refractivity contribution in [2.45, 2.75) is 17.9 Å². The summed E-state index contributed by atoms with van der Waals surface area (Å²) < 4.78 is 19.6. The van der Waals surface area contributed by atoms with Crippen molar-refractivity contribution >= 4 is 17.6 Å². The Morgan fingerprint density at radius 2 is 2.00 bits per heavy atom. The number of anilines is 1. The lowest BCUT2D eigenvalue weighted by Gasteiger charge is -2.28. The number of carbonyl (C=O) groups is 2. The van der Waals surface area contributed by atoms with Crippen LogP contribution in [0.1, 0.15) is 23.5 Å². The number of fused-ring (bicyclic) bond motifs is 2. The van der Waals surface area contributed by atoms with Gasteiger partial charge in [-0.25, -0.2) is 4.39 Å². The van der Waals surface area contributed by atoms with E-state index in [1.54, 1.807) is 12.1 Å². The summed E-state index contributed by atoms with van der Waals surface area (Å²) in [6.07, 6.45) is 1.67. The molecule has 0 aliphatic carbocycles. The number of rotatable bonds is 3. The highest BCUT2D eigenvalue weighted by atomic mass is 19.1. The first-order valence-corrected chi connectivity index (χ1v) is 8.07. The number of nitrogens with zero attached hydrogens (tertiary/aromatic N) is 1. The van der Waals surface area contributed by atoms with Crippen molar-refractivity contribution in [1.29, 1.82) is 0 Å². The van der Waals surface area contributed by atoms with Crippen molar-refractivity contribution < 1.29 is 18.7 Å². The molecule has 2 aliphatic rings. The van der Waals surface area contributed by atoms with Gasteiger partial charge >= 0.3 is 5.97 Å². The van der Waals surface area contributed by atoms with E-state index in [0.29, 0.717) is 11.3 Å². The van der Waals surface area contributed by atoms with Gasteiger partial charge in [0, 0.05) is 18.0 Å². The number of hydrogen-bond acceptors (Lipinski definition) is 3. The summed E-state index contributed by atoms with van der Waals surface area (Å²) in [4.78, 5) is 27.0. The third kappa shape index (κ3) is 2.12. The lowest BCUT2D eigenvalue weighted by molar-refractivity contribution is -0.157. The van der Waals surface area contributed by atoms with Crippen LogP contribution in [0.3, 0.4) is 0 Å². The Morgan fingerprint density at radius 3 is 2.72 bits per heavy atom. The van der Waals surface area contributed by atoms with Crippen molar-refractivity contribution in [1.82, 2.24) is 0 Å². The molecule has 2 atom stereocenters. The molecule has 0 N–H and O–H groups in total. The molecule has 2 aliphatic heterocycles. The molecule has 4 rings (SSSR count). The SMILES string of the molecule is C=CCN1C(=O)[C@@]2(OC(=O)C[C@@H]2c2ccccc2)c2cc(F)ccc21. The Hall–Kier alpha value is -2.95. The summed E-state index contributed by atoms with van der Waals surface area (Å²) in [6, 6.07) is 13.4. The van der Waals surface area contributed by atoms with Gasteiger partial charge in [-0.05, 0) is 23.8 Å². The molecule has 0 radical (unpaired) electrons. The number of halogens is 1. The zero-order valence-corrected chi connectivity index (χ0v) is 13.4. The molecule has 2 aromatic carbocycles. The van der Waals surface area contributed by atoms with E-state index in [2.05, 4.69) is 6.58 Å². The predicted molar refractivity (Wildman–Crippen MR) is 90.5 cm³/mol. The van der Waals surface area contributed by atoms with Crippen LogP contribution in [-0.4, -0.2) is 18.4 Å². The van der Waals surface area contributed by atoms with Crippen LogP contribution < -0.4 is 4.90 Å². The van der Waals surface area contributed by atoms with Crippen LogP contribution in [0.25, 0.3) is 0 Å². The Labute approximate surface area is 144 Å². The maximum atomic E-state index is 14.0. The second kappa shape index (κ2) is 5.55. The first kappa shape index (κ1) is 15.6. The molecule has 0 bridgehead atoms. The quantitative estimate of drug-likeness (QED) is 0.638. The third-order valence-electron chi connectivity index (χ3n) is 4.86. The van der Waals surface area contributed by atoms with Gasteiger partial charge in [-0.3, -0.25) is 9.59 Å². The fraction of sp³-hybridized carbons (Fsp3) is 0.200. The monoisotopic (exact) mass is 337 g/mol. The fourth-order valence-corrected chi connectivity index (χ4v) is 3.85. The second-order valence-electron chi connectivity index (χ2n) is 6.24. The predicted octanol–water partition coefficient (Wildman–Crippen LogP) is 3.28. The van der Waals surface area contributed by atoms with Gasteiger partial charge in [-0.1, -0.05) is 36.4 Å². The van der Waals surface area contributed by atoms with Crippen LogP contribution in [-0.2, 0) is 19.9 Å². The average Bonchev–Trinajstić information content (AvgIpc) is 3.08. The summed E-state index contributed by atoms with van der Waals surface area (Å²) in [5, 5.41) is 0. The molecule has 1 spiro atoms. The van der Waals surface area contributed by atoms with Gasteiger partial charge in [0.15, 0.2) is 0 Å². The zero-order chi connectivity index (χ0) is 17.6. The molecule has 5 heteroatoms. The van der Waals surface area contributed by atoms with E-state index in [1.165, 1.54) is 17.0 Å². The molecule has 1 amide bonds. The van der Waals surface area contributed by atoms with Crippen LogP contribution in [0.2, 0.25) is 0 Å². The molecular formula is C20H16FNO3. The van der Waals surface area contributed by atoms with Crippen molar-refractivity contribution in [3.8, 4) is 0 Å². The van der Waals surface area contributed by atoms with Crippen molar-refractivity contribution in [3.63, 3.8) is 0 Å². The summed E-state index contributed by atoms with van der Waals surface area (Å²) in [5.74, 6) is -1.78. The third-order valence-corrected chi connectivity index (χ3v) is 4.86. The average molecular weight is 337 g/mol. The summed E-state index contributed by atoms with van der Waals surface area (Å²) in [6.45, 7) is 3.94. The normalized spacial score (nSPS) is 24.5. The Balaban J connectivity index is 1.95. The highest BCUT2D eigenvalue weighted by Crippen LogP contribution is 2.55.